The molecule has 0 aromatic carbocycles. The van der Waals surface area contributed by atoms with Gasteiger partial charge in [0.05, 0.1) is 0 Å². The summed E-state index contributed by atoms with van der Waals surface area (Å²) < 4.78 is 10.1. The fourth-order valence-corrected chi connectivity index (χ4v) is 2.06. The summed E-state index contributed by atoms with van der Waals surface area (Å²) >= 11 is 0. The average Bonchev–Trinajstić information content (AvgIpc) is 2.23. The summed E-state index contributed by atoms with van der Waals surface area (Å²) in [6, 6.07) is 0. The highest BCUT2D eigenvalue weighted by atomic mass is 32.1. The number of hydrogen-bond donors (Lipinski definition) is 0. The van der Waals surface area contributed by atoms with Gasteiger partial charge < -0.3 is 9.47 Å². The fourth-order valence-electron chi connectivity index (χ4n) is 1.55. The smallest absolute Gasteiger partial charge is 0.298 e. The van der Waals surface area contributed by atoms with Crippen LogP contribution >= 0.6 is 10.9 Å². The normalized spacial score (nSPS) is 16.4. The maximum atomic E-state index is 10.3. The predicted molar refractivity (Wildman–Crippen MR) is 59.4 cm³/mol. The van der Waals surface area contributed by atoms with E-state index in [4.69, 9.17) is 9.47 Å². The number of rotatable bonds is 3. The van der Waals surface area contributed by atoms with Crippen LogP contribution in [-0.4, -0.2) is 24.5 Å². The van der Waals surface area contributed by atoms with Crippen LogP contribution in [0, 0.1) is 0 Å². The van der Waals surface area contributed by atoms with E-state index in [1.54, 1.807) is 7.11 Å². The number of carbonyl (C=O) groups excluding carboxylic acids is 1. The lowest BCUT2D eigenvalue weighted by Gasteiger charge is -2.18. The average molecular weight is 214 g/mol. The SMILES string of the molecule is C=S=C(OC)C1=C(OC=O)CCCC1. The van der Waals surface area contributed by atoms with E-state index in [9.17, 15) is 4.79 Å². The van der Waals surface area contributed by atoms with E-state index < -0.39 is 0 Å². The Bertz CT molecular complexity index is 300. The molecule has 0 aromatic heterocycles. The fraction of sp³-hybridized carbons (Fsp3) is 0.500. The Morgan fingerprint density at radius 2 is 2.21 bits per heavy atom. The van der Waals surface area contributed by atoms with Gasteiger partial charge in [-0.1, -0.05) is 0 Å². The van der Waals surface area contributed by atoms with Crippen LogP contribution in [0.5, 0.6) is 0 Å². The summed E-state index contributed by atoms with van der Waals surface area (Å²) in [5.41, 5.74) is 0.992. The molecule has 3 nitrogen and oxygen atoms in total. The van der Waals surface area contributed by atoms with Gasteiger partial charge in [0, 0.05) is 19.1 Å². The van der Waals surface area contributed by atoms with Crippen molar-refractivity contribution in [3.8, 4) is 0 Å². The van der Waals surface area contributed by atoms with Gasteiger partial charge in [-0.2, -0.15) is 0 Å². The number of ether oxygens (including phenoxy) is 2. The summed E-state index contributed by atoms with van der Waals surface area (Å²) in [6.45, 7) is 0.474. The zero-order chi connectivity index (χ0) is 10.4. The Labute approximate surface area is 87.2 Å². The number of allylic oxidation sites excluding steroid dienone is 1. The van der Waals surface area contributed by atoms with Gasteiger partial charge in [0.2, 0.25) is 0 Å². The van der Waals surface area contributed by atoms with E-state index in [0.29, 0.717) is 6.47 Å². The van der Waals surface area contributed by atoms with Crippen LogP contribution < -0.4 is 0 Å². The van der Waals surface area contributed by atoms with E-state index in [0.717, 1.165) is 42.1 Å². The standard InChI is InChI=1S/C10H14O3S/c1-12-10(14-2)8-5-3-4-6-9(8)13-7-11/h7H,2-6H2,1H3. The molecule has 0 heterocycles. The Hall–Kier alpha value is -0.870. The number of methoxy groups -OCH3 is 1. The van der Waals surface area contributed by atoms with Crippen molar-refractivity contribution in [2.45, 2.75) is 25.7 Å². The molecular weight excluding hydrogens is 200 g/mol. The van der Waals surface area contributed by atoms with Crippen LogP contribution in [0.3, 0.4) is 0 Å². The van der Waals surface area contributed by atoms with Crippen molar-refractivity contribution in [3.05, 3.63) is 11.3 Å². The molecule has 78 valence electrons. The molecule has 0 unspecified atom stereocenters. The molecule has 0 atom stereocenters. The largest absolute Gasteiger partial charge is 0.433 e. The molecular formula is C10H14O3S. The highest BCUT2D eigenvalue weighted by molar-refractivity contribution is 7.96. The van der Waals surface area contributed by atoms with Gasteiger partial charge >= 0.3 is 0 Å². The molecule has 0 aliphatic heterocycles. The van der Waals surface area contributed by atoms with Crippen molar-refractivity contribution in [2.24, 2.45) is 0 Å². The number of hydrogen-bond acceptors (Lipinski definition) is 3. The van der Waals surface area contributed by atoms with Crippen LogP contribution in [0.15, 0.2) is 11.3 Å². The molecule has 0 fully saturated rings. The minimum Gasteiger partial charge on any atom is -0.433 e. The van der Waals surface area contributed by atoms with Crippen molar-refractivity contribution in [1.82, 2.24) is 0 Å². The van der Waals surface area contributed by atoms with Crippen LogP contribution in [0.4, 0.5) is 0 Å². The molecule has 0 aromatic rings. The molecule has 1 rings (SSSR count). The molecule has 0 saturated heterocycles. The minimum absolute atomic E-state index is 0.474. The minimum atomic E-state index is 0.474. The maximum Gasteiger partial charge on any atom is 0.298 e. The van der Waals surface area contributed by atoms with Crippen LogP contribution in [-0.2, 0) is 14.3 Å². The Morgan fingerprint density at radius 3 is 2.79 bits per heavy atom. The second-order valence-electron chi connectivity index (χ2n) is 2.96. The van der Waals surface area contributed by atoms with Crippen molar-refractivity contribution in [2.75, 3.05) is 7.11 Å². The Kier molecular flexibility index (Phi) is 4.62. The van der Waals surface area contributed by atoms with Crippen molar-refractivity contribution < 1.29 is 14.3 Å². The summed E-state index contributed by atoms with van der Waals surface area (Å²) in [4.78, 5) is 10.3. The van der Waals surface area contributed by atoms with Crippen molar-refractivity contribution >= 4 is 28.3 Å². The quantitative estimate of drug-likeness (QED) is 0.532. The van der Waals surface area contributed by atoms with Gasteiger partial charge in [0.25, 0.3) is 6.47 Å². The van der Waals surface area contributed by atoms with E-state index >= 15 is 0 Å². The zero-order valence-electron chi connectivity index (χ0n) is 8.25. The third-order valence-electron chi connectivity index (χ3n) is 2.17. The van der Waals surface area contributed by atoms with E-state index in [1.807, 2.05) is 0 Å². The van der Waals surface area contributed by atoms with Gasteiger partial charge in [0.15, 0.2) is 0 Å². The molecule has 0 N–H and O–H groups in total. The zero-order valence-corrected chi connectivity index (χ0v) is 9.06. The number of carbonyl (C=O) groups is 1. The molecule has 0 bridgehead atoms. The van der Waals surface area contributed by atoms with Gasteiger partial charge in [-0.25, -0.2) is 0 Å². The maximum absolute atomic E-state index is 10.3. The molecule has 0 amide bonds. The second-order valence-corrected chi connectivity index (χ2v) is 3.62. The molecule has 0 spiro atoms. The Morgan fingerprint density at radius 1 is 1.50 bits per heavy atom. The van der Waals surface area contributed by atoms with E-state index in [-0.39, 0.29) is 0 Å². The first-order valence-electron chi connectivity index (χ1n) is 4.49. The third kappa shape index (κ3) is 2.56. The first-order valence-corrected chi connectivity index (χ1v) is 5.47. The van der Waals surface area contributed by atoms with Crippen LogP contribution in [0.25, 0.3) is 0 Å². The van der Waals surface area contributed by atoms with Gasteiger partial charge in [-0.3, -0.25) is 4.79 Å². The summed E-state index contributed by atoms with van der Waals surface area (Å²) in [5, 5.41) is 0.751. The molecule has 1 aliphatic rings. The molecule has 14 heavy (non-hydrogen) atoms. The van der Waals surface area contributed by atoms with Gasteiger partial charge in [-0.05, 0) is 25.1 Å². The third-order valence-corrected chi connectivity index (χ3v) is 2.85. The van der Waals surface area contributed by atoms with Gasteiger partial charge in [0.1, 0.15) is 10.8 Å². The van der Waals surface area contributed by atoms with Gasteiger partial charge in [-0.15, -0.1) is 10.9 Å². The highest BCUT2D eigenvalue weighted by Gasteiger charge is 2.17. The summed E-state index contributed by atoms with van der Waals surface area (Å²) in [7, 11) is 2.90. The van der Waals surface area contributed by atoms with Crippen LogP contribution in [0.1, 0.15) is 25.7 Å². The Balaban J connectivity index is 2.98. The summed E-state index contributed by atoms with van der Waals surface area (Å²) in [6.07, 6.45) is 3.87. The molecule has 4 heteroatoms. The first-order chi connectivity index (χ1) is 6.83. The predicted octanol–water partition coefficient (Wildman–Crippen LogP) is 1.93. The lowest BCUT2D eigenvalue weighted by atomic mass is 9.98. The second kappa shape index (κ2) is 5.78. The highest BCUT2D eigenvalue weighted by Crippen LogP contribution is 2.26. The topological polar surface area (TPSA) is 35.5 Å². The summed E-state index contributed by atoms with van der Waals surface area (Å²) in [5.74, 6) is 4.44. The first kappa shape index (κ1) is 11.2. The lowest BCUT2D eigenvalue weighted by molar-refractivity contribution is -0.125. The van der Waals surface area contributed by atoms with E-state index in [1.165, 1.54) is 10.9 Å². The van der Waals surface area contributed by atoms with Crippen molar-refractivity contribution in [3.63, 3.8) is 0 Å². The molecule has 0 saturated carbocycles. The molecule has 0 radical (unpaired) electrons. The van der Waals surface area contributed by atoms with E-state index in [2.05, 4.69) is 5.87 Å². The lowest BCUT2D eigenvalue weighted by Crippen LogP contribution is -2.11. The van der Waals surface area contributed by atoms with Crippen molar-refractivity contribution in [1.29, 1.82) is 0 Å². The van der Waals surface area contributed by atoms with Crippen LogP contribution in [0.2, 0.25) is 0 Å². The monoisotopic (exact) mass is 214 g/mol. The molecule has 1 aliphatic carbocycles.